The van der Waals surface area contributed by atoms with Crippen molar-refractivity contribution >= 4 is 67.1 Å². The molecule has 0 aliphatic carbocycles. The normalized spacial score (nSPS) is 11.7. The van der Waals surface area contributed by atoms with E-state index in [2.05, 4.69) is 15.5 Å². The molecule has 0 bridgehead atoms. The molecule has 0 unspecified atom stereocenters. The first-order valence-electron chi connectivity index (χ1n) is 11.7. The second-order valence-electron chi connectivity index (χ2n) is 8.25. The van der Waals surface area contributed by atoms with Gasteiger partial charge in [0.05, 0.1) is 22.9 Å². The summed E-state index contributed by atoms with van der Waals surface area (Å²) in [6.45, 7) is 3.77. The molecule has 4 aromatic rings. The summed E-state index contributed by atoms with van der Waals surface area (Å²) >= 11 is 12.4. The van der Waals surface area contributed by atoms with Crippen LogP contribution in [0, 0.1) is 0 Å². The number of halogens is 2. The maximum Gasteiger partial charge on any atom is 0.297 e. The van der Waals surface area contributed by atoms with Gasteiger partial charge in [0, 0.05) is 10.4 Å². The number of carbonyl (C=O) groups excluding carboxylic acids is 1. The summed E-state index contributed by atoms with van der Waals surface area (Å²) in [5.41, 5.74) is 0.0899. The van der Waals surface area contributed by atoms with Gasteiger partial charge in [0.15, 0.2) is 11.5 Å². The first kappa shape index (κ1) is 28.3. The van der Waals surface area contributed by atoms with Crippen molar-refractivity contribution in [3.05, 3.63) is 81.8 Å². The Hall–Kier alpha value is -3.70. The maximum atomic E-state index is 13.3. The second-order valence-corrected chi connectivity index (χ2v) is 10.4. The van der Waals surface area contributed by atoms with Crippen molar-refractivity contribution in [1.29, 1.82) is 0 Å². The average Bonchev–Trinajstić information content (AvgIpc) is 2.89. The molecule has 1 amide bonds. The van der Waals surface area contributed by atoms with Crippen LogP contribution in [0.3, 0.4) is 0 Å². The summed E-state index contributed by atoms with van der Waals surface area (Å²) in [5, 5.41) is 23.5. The summed E-state index contributed by atoms with van der Waals surface area (Å²) in [6.07, 6.45) is 0.203. The number of phenolic OH excluding ortho intramolecular Hbond substituents is 1. The predicted octanol–water partition coefficient (Wildman–Crippen LogP) is 7.73. The molecule has 3 N–H and O–H groups in total. The number of para-hydroxylation sites is 1. The minimum absolute atomic E-state index is 0.0799. The number of benzene rings is 4. The third kappa shape index (κ3) is 5.84. The van der Waals surface area contributed by atoms with Crippen LogP contribution in [0.4, 0.5) is 17.1 Å². The number of hydrogen-bond acceptors (Lipinski definition) is 7. The predicted molar refractivity (Wildman–Crippen MR) is 151 cm³/mol. The Labute approximate surface area is 234 Å². The van der Waals surface area contributed by atoms with E-state index in [-0.39, 0.29) is 39.7 Å². The summed E-state index contributed by atoms with van der Waals surface area (Å²) in [6, 6.07) is 15.9. The van der Waals surface area contributed by atoms with Crippen LogP contribution in [0.15, 0.2) is 75.8 Å². The topological polar surface area (TPSA) is 138 Å². The number of hydrogen-bond donors (Lipinski definition) is 3. The lowest BCUT2D eigenvalue weighted by Crippen LogP contribution is -2.13. The molecule has 0 spiro atoms. The van der Waals surface area contributed by atoms with E-state index in [0.29, 0.717) is 28.1 Å². The average molecular weight is 588 g/mol. The monoisotopic (exact) mass is 587 g/mol. The number of carbonyl (C=O) groups is 1. The van der Waals surface area contributed by atoms with E-state index in [9.17, 15) is 22.9 Å². The van der Waals surface area contributed by atoms with Crippen LogP contribution in [0.5, 0.6) is 11.5 Å². The largest absolute Gasteiger partial charge is 0.505 e. The standard InChI is InChI=1S/C27H23Cl2N3O6S/c1-3-16-19(28)12-13-22(26(16)39(35,36)37)31-32-23-17-9-6-5-8-15(17)14-18(24(23)33)27(34)30-21-11-7-10-20(29)25(21)38-4-2/h5-14,33H,3-4H2,1-2H3,(H,30,34)(H,35,36,37). The van der Waals surface area contributed by atoms with Gasteiger partial charge in [-0.3, -0.25) is 9.35 Å². The zero-order chi connectivity index (χ0) is 28.3. The summed E-state index contributed by atoms with van der Waals surface area (Å²) < 4.78 is 39.7. The Bertz CT molecular complexity index is 1720. The van der Waals surface area contributed by atoms with Crippen LogP contribution in [-0.2, 0) is 16.5 Å². The first-order valence-corrected chi connectivity index (χ1v) is 13.9. The fraction of sp³-hybridized carbons (Fsp3) is 0.148. The van der Waals surface area contributed by atoms with Gasteiger partial charge in [0.2, 0.25) is 0 Å². The maximum absolute atomic E-state index is 13.3. The highest BCUT2D eigenvalue weighted by molar-refractivity contribution is 7.86. The highest BCUT2D eigenvalue weighted by Crippen LogP contribution is 2.42. The number of aromatic hydroxyl groups is 1. The Balaban J connectivity index is 1.85. The van der Waals surface area contributed by atoms with Gasteiger partial charge < -0.3 is 15.2 Å². The summed E-state index contributed by atoms with van der Waals surface area (Å²) in [7, 11) is -4.71. The highest BCUT2D eigenvalue weighted by atomic mass is 35.5. The number of amides is 1. The molecule has 0 aliphatic rings. The molecular formula is C27H23Cl2N3O6S. The van der Waals surface area contributed by atoms with E-state index in [1.54, 1.807) is 56.3 Å². The highest BCUT2D eigenvalue weighted by Gasteiger charge is 2.24. The quantitative estimate of drug-likeness (QED) is 0.142. The van der Waals surface area contributed by atoms with Crippen LogP contribution in [-0.4, -0.2) is 30.6 Å². The van der Waals surface area contributed by atoms with Crippen molar-refractivity contribution in [3.63, 3.8) is 0 Å². The number of nitrogens with zero attached hydrogens (tertiary/aromatic N) is 2. The van der Waals surface area contributed by atoms with Crippen molar-refractivity contribution in [2.24, 2.45) is 10.2 Å². The van der Waals surface area contributed by atoms with E-state index in [1.807, 2.05) is 0 Å². The molecule has 0 fully saturated rings. The number of ether oxygens (including phenoxy) is 1. The number of azo groups is 1. The third-order valence-electron chi connectivity index (χ3n) is 5.80. The van der Waals surface area contributed by atoms with Crippen LogP contribution in [0.2, 0.25) is 10.0 Å². The third-order valence-corrected chi connectivity index (χ3v) is 7.42. The summed E-state index contributed by atoms with van der Waals surface area (Å²) in [4.78, 5) is 12.8. The fourth-order valence-electron chi connectivity index (χ4n) is 4.07. The molecule has 0 saturated carbocycles. The second kappa shape index (κ2) is 11.6. The Morgan fingerprint density at radius 3 is 2.44 bits per heavy atom. The number of anilines is 1. The molecule has 4 rings (SSSR count). The molecule has 0 heterocycles. The zero-order valence-electron chi connectivity index (χ0n) is 20.8. The Morgan fingerprint density at radius 2 is 1.74 bits per heavy atom. The minimum Gasteiger partial charge on any atom is -0.505 e. The lowest BCUT2D eigenvalue weighted by molar-refractivity contribution is 0.102. The summed E-state index contributed by atoms with van der Waals surface area (Å²) in [5.74, 6) is -0.883. The zero-order valence-corrected chi connectivity index (χ0v) is 23.1. The Morgan fingerprint density at radius 1 is 1.00 bits per heavy atom. The minimum atomic E-state index is -4.71. The Kier molecular flexibility index (Phi) is 8.41. The van der Waals surface area contributed by atoms with Gasteiger partial charge in [0.25, 0.3) is 16.0 Å². The van der Waals surface area contributed by atoms with Crippen LogP contribution in [0.1, 0.15) is 29.8 Å². The van der Waals surface area contributed by atoms with Crippen molar-refractivity contribution < 1.29 is 27.6 Å². The molecule has 0 atom stereocenters. The van der Waals surface area contributed by atoms with Crippen molar-refractivity contribution in [3.8, 4) is 11.5 Å². The van der Waals surface area contributed by atoms with Gasteiger partial charge in [-0.05, 0) is 54.6 Å². The smallest absolute Gasteiger partial charge is 0.297 e. The number of nitrogens with one attached hydrogen (secondary N) is 1. The first-order chi connectivity index (χ1) is 18.6. The van der Waals surface area contributed by atoms with Gasteiger partial charge in [0.1, 0.15) is 16.3 Å². The van der Waals surface area contributed by atoms with Gasteiger partial charge >= 0.3 is 0 Å². The van der Waals surface area contributed by atoms with E-state index in [1.165, 1.54) is 18.2 Å². The van der Waals surface area contributed by atoms with E-state index in [4.69, 9.17) is 27.9 Å². The van der Waals surface area contributed by atoms with E-state index in [0.717, 1.165) is 0 Å². The molecular weight excluding hydrogens is 565 g/mol. The molecule has 0 aliphatic heterocycles. The molecule has 0 radical (unpaired) electrons. The fourth-order valence-corrected chi connectivity index (χ4v) is 5.59. The van der Waals surface area contributed by atoms with Crippen molar-refractivity contribution in [2.45, 2.75) is 25.2 Å². The molecule has 0 aromatic heterocycles. The lowest BCUT2D eigenvalue weighted by Gasteiger charge is -2.14. The molecule has 0 saturated heterocycles. The van der Waals surface area contributed by atoms with Gasteiger partial charge in [-0.25, -0.2) is 0 Å². The molecule has 12 heteroatoms. The molecule has 202 valence electrons. The molecule has 4 aromatic carbocycles. The molecule has 39 heavy (non-hydrogen) atoms. The van der Waals surface area contributed by atoms with Crippen molar-refractivity contribution in [1.82, 2.24) is 0 Å². The lowest BCUT2D eigenvalue weighted by atomic mass is 10.0. The van der Waals surface area contributed by atoms with Crippen LogP contribution >= 0.6 is 23.2 Å². The van der Waals surface area contributed by atoms with E-state index >= 15 is 0 Å². The number of rotatable bonds is 8. The van der Waals surface area contributed by atoms with Gasteiger partial charge in [-0.15, -0.1) is 10.2 Å². The van der Waals surface area contributed by atoms with Crippen LogP contribution in [0.25, 0.3) is 10.8 Å². The molecule has 9 nitrogen and oxygen atoms in total. The van der Waals surface area contributed by atoms with Crippen LogP contribution < -0.4 is 10.1 Å². The van der Waals surface area contributed by atoms with E-state index < -0.39 is 26.7 Å². The van der Waals surface area contributed by atoms with Gasteiger partial charge in [-0.2, -0.15) is 8.42 Å². The number of fused-ring (bicyclic) bond motifs is 1. The SMILES string of the molecule is CCOc1c(Cl)cccc1NC(=O)c1cc2ccccc2c(N=Nc2ccc(Cl)c(CC)c2S(=O)(=O)O)c1O. The number of phenols is 1. The van der Waals surface area contributed by atoms with Crippen molar-refractivity contribution in [2.75, 3.05) is 11.9 Å². The van der Waals surface area contributed by atoms with Gasteiger partial charge in [-0.1, -0.05) is 60.5 Å².